The van der Waals surface area contributed by atoms with E-state index >= 15 is 0 Å². The molecule has 0 saturated heterocycles. The molecule has 1 rings (SSSR count). The third-order valence-corrected chi connectivity index (χ3v) is 3.15. The summed E-state index contributed by atoms with van der Waals surface area (Å²) in [5, 5.41) is 19.9. The maximum atomic E-state index is 9.48. The zero-order chi connectivity index (χ0) is 9.30. The lowest BCUT2D eigenvalue weighted by Crippen LogP contribution is -2.27. The molecular weight excluding hydrogens is 199 g/mol. The van der Waals surface area contributed by atoms with Gasteiger partial charge < -0.3 is 10.2 Å². The van der Waals surface area contributed by atoms with E-state index in [9.17, 15) is 10.2 Å². The number of aliphatic hydroxyl groups excluding tert-OH is 2. The number of halogens is 2. The SMILES string of the molecule is CC1C(O)CC(Cl)=C(Cl)CC1O. The van der Waals surface area contributed by atoms with Crippen molar-refractivity contribution in [3.63, 3.8) is 0 Å². The number of hydrogen-bond acceptors (Lipinski definition) is 2. The highest BCUT2D eigenvalue weighted by Crippen LogP contribution is 2.32. The quantitative estimate of drug-likeness (QED) is 0.641. The van der Waals surface area contributed by atoms with E-state index in [2.05, 4.69) is 0 Å². The Balaban J connectivity index is 2.79. The first-order chi connectivity index (χ1) is 5.52. The van der Waals surface area contributed by atoms with Crippen LogP contribution in [0.15, 0.2) is 10.1 Å². The molecule has 2 atom stereocenters. The fourth-order valence-corrected chi connectivity index (χ4v) is 1.69. The second-order valence-corrected chi connectivity index (χ2v) is 4.12. The van der Waals surface area contributed by atoms with Gasteiger partial charge in [0.15, 0.2) is 0 Å². The lowest BCUT2D eigenvalue weighted by molar-refractivity contribution is 0.0286. The van der Waals surface area contributed by atoms with Crippen LogP contribution in [-0.4, -0.2) is 22.4 Å². The molecule has 0 aromatic rings. The van der Waals surface area contributed by atoms with Gasteiger partial charge in [-0.05, 0) is 0 Å². The lowest BCUT2D eigenvalue weighted by atomic mass is 9.97. The molecule has 0 saturated carbocycles. The average Bonchev–Trinajstić information content (AvgIpc) is 2.07. The number of hydrogen-bond donors (Lipinski definition) is 2. The van der Waals surface area contributed by atoms with E-state index in [4.69, 9.17) is 23.2 Å². The summed E-state index contributed by atoms with van der Waals surface area (Å²) >= 11 is 11.5. The van der Waals surface area contributed by atoms with E-state index in [1.807, 2.05) is 0 Å². The summed E-state index contributed by atoms with van der Waals surface area (Å²) in [6.07, 6.45) is -0.496. The molecule has 1 aliphatic carbocycles. The van der Waals surface area contributed by atoms with E-state index in [1.165, 1.54) is 0 Å². The van der Waals surface area contributed by atoms with Crippen molar-refractivity contribution in [3.05, 3.63) is 10.1 Å². The fourth-order valence-electron chi connectivity index (χ4n) is 1.22. The normalized spacial score (nSPS) is 38.2. The van der Waals surface area contributed by atoms with Crippen LogP contribution in [0.2, 0.25) is 0 Å². The Hall–Kier alpha value is 0.240. The minimum absolute atomic E-state index is 0.171. The summed E-state index contributed by atoms with van der Waals surface area (Å²) in [6.45, 7) is 1.79. The molecule has 0 aliphatic heterocycles. The Kier molecular flexibility index (Phi) is 3.41. The summed E-state index contributed by atoms with van der Waals surface area (Å²) in [6, 6.07) is 0. The van der Waals surface area contributed by atoms with Crippen molar-refractivity contribution < 1.29 is 10.2 Å². The van der Waals surface area contributed by atoms with E-state index < -0.39 is 12.2 Å². The average molecular weight is 211 g/mol. The molecule has 4 heteroatoms. The molecule has 2 nitrogen and oxygen atoms in total. The van der Waals surface area contributed by atoms with Gasteiger partial charge >= 0.3 is 0 Å². The second kappa shape index (κ2) is 3.97. The zero-order valence-corrected chi connectivity index (χ0v) is 8.31. The molecule has 1 aliphatic rings. The van der Waals surface area contributed by atoms with Crippen molar-refractivity contribution in [2.75, 3.05) is 0 Å². The van der Waals surface area contributed by atoms with Crippen molar-refractivity contribution in [2.45, 2.75) is 32.0 Å². The standard InChI is InChI=1S/C8H12Cl2O2/c1-4-7(11)2-5(9)6(10)3-8(4)12/h4,7-8,11-12H,2-3H2,1H3. The first kappa shape index (κ1) is 10.3. The molecule has 0 radical (unpaired) electrons. The first-order valence-electron chi connectivity index (χ1n) is 3.91. The Labute approximate surface area is 81.8 Å². The molecule has 0 spiro atoms. The van der Waals surface area contributed by atoms with Crippen molar-refractivity contribution in [1.82, 2.24) is 0 Å². The summed E-state index contributed by atoms with van der Waals surface area (Å²) in [7, 11) is 0. The maximum Gasteiger partial charge on any atom is 0.0639 e. The highest BCUT2D eigenvalue weighted by molar-refractivity contribution is 6.39. The van der Waals surface area contributed by atoms with Crippen LogP contribution in [0, 0.1) is 5.92 Å². The second-order valence-electron chi connectivity index (χ2n) is 3.21. The topological polar surface area (TPSA) is 40.5 Å². The molecule has 0 aromatic carbocycles. The molecule has 0 amide bonds. The summed E-state index contributed by atoms with van der Waals surface area (Å²) in [5.74, 6) is -0.171. The molecular formula is C8H12Cl2O2. The van der Waals surface area contributed by atoms with E-state index in [0.717, 1.165) is 0 Å². The summed E-state index contributed by atoms with van der Waals surface area (Å²) in [4.78, 5) is 0. The van der Waals surface area contributed by atoms with Crippen molar-refractivity contribution in [3.8, 4) is 0 Å². The molecule has 2 unspecified atom stereocenters. The van der Waals surface area contributed by atoms with Crippen LogP contribution in [0.5, 0.6) is 0 Å². The van der Waals surface area contributed by atoms with Crippen LogP contribution in [0.1, 0.15) is 19.8 Å². The van der Waals surface area contributed by atoms with Crippen LogP contribution in [0.25, 0.3) is 0 Å². The van der Waals surface area contributed by atoms with Gasteiger partial charge in [-0.1, -0.05) is 30.1 Å². The molecule has 2 N–H and O–H groups in total. The van der Waals surface area contributed by atoms with Gasteiger partial charge in [-0.3, -0.25) is 0 Å². The van der Waals surface area contributed by atoms with Gasteiger partial charge in [-0.15, -0.1) is 0 Å². The van der Waals surface area contributed by atoms with Gasteiger partial charge in [0.2, 0.25) is 0 Å². The summed E-state index contributed by atoms with van der Waals surface area (Å²) in [5.41, 5.74) is 0. The molecule has 0 fully saturated rings. The van der Waals surface area contributed by atoms with Crippen molar-refractivity contribution >= 4 is 23.2 Å². The minimum Gasteiger partial charge on any atom is -0.392 e. The molecule has 0 bridgehead atoms. The lowest BCUT2D eigenvalue weighted by Gasteiger charge is -2.20. The number of aliphatic hydroxyl groups is 2. The van der Waals surface area contributed by atoms with Gasteiger partial charge in [-0.2, -0.15) is 0 Å². The summed E-state index contributed by atoms with van der Waals surface area (Å²) < 4.78 is 0. The predicted octanol–water partition coefficient (Wildman–Crippen LogP) is 1.83. The highest BCUT2D eigenvalue weighted by Gasteiger charge is 2.28. The number of rotatable bonds is 0. The van der Waals surface area contributed by atoms with Crippen LogP contribution >= 0.6 is 23.2 Å². The Morgan fingerprint density at radius 1 is 1.08 bits per heavy atom. The van der Waals surface area contributed by atoms with Gasteiger partial charge in [-0.25, -0.2) is 0 Å². The predicted molar refractivity (Wildman–Crippen MR) is 49.1 cm³/mol. The Bertz CT molecular complexity index is 183. The van der Waals surface area contributed by atoms with Crippen molar-refractivity contribution in [1.29, 1.82) is 0 Å². The molecule has 12 heavy (non-hydrogen) atoms. The van der Waals surface area contributed by atoms with E-state index in [1.54, 1.807) is 6.92 Å². The smallest absolute Gasteiger partial charge is 0.0639 e. The minimum atomic E-state index is -0.594. The zero-order valence-electron chi connectivity index (χ0n) is 6.80. The van der Waals surface area contributed by atoms with Crippen molar-refractivity contribution in [2.24, 2.45) is 5.92 Å². The first-order valence-corrected chi connectivity index (χ1v) is 4.67. The fraction of sp³-hybridized carbons (Fsp3) is 0.750. The molecule has 70 valence electrons. The third-order valence-electron chi connectivity index (χ3n) is 2.28. The highest BCUT2D eigenvalue weighted by atomic mass is 35.5. The van der Waals surface area contributed by atoms with E-state index in [-0.39, 0.29) is 5.92 Å². The Morgan fingerprint density at radius 2 is 1.42 bits per heavy atom. The van der Waals surface area contributed by atoms with Gasteiger partial charge in [0.05, 0.1) is 12.2 Å². The van der Waals surface area contributed by atoms with Crippen LogP contribution in [-0.2, 0) is 0 Å². The van der Waals surface area contributed by atoms with Gasteiger partial charge in [0.25, 0.3) is 0 Å². The maximum absolute atomic E-state index is 9.48. The van der Waals surface area contributed by atoms with Crippen LogP contribution in [0.3, 0.4) is 0 Å². The van der Waals surface area contributed by atoms with Gasteiger partial charge in [0, 0.05) is 28.8 Å². The van der Waals surface area contributed by atoms with E-state index in [0.29, 0.717) is 22.9 Å². The molecule has 0 aromatic heterocycles. The van der Waals surface area contributed by atoms with Gasteiger partial charge in [0.1, 0.15) is 0 Å². The third kappa shape index (κ3) is 2.13. The molecule has 0 heterocycles. The Morgan fingerprint density at radius 3 is 1.75 bits per heavy atom. The largest absolute Gasteiger partial charge is 0.392 e. The monoisotopic (exact) mass is 210 g/mol. The van der Waals surface area contributed by atoms with Crippen LogP contribution < -0.4 is 0 Å². The van der Waals surface area contributed by atoms with Crippen LogP contribution in [0.4, 0.5) is 0 Å².